The molecule has 3 aromatic heterocycles. The van der Waals surface area contributed by atoms with Crippen LogP contribution in [-0.2, 0) is 0 Å². The van der Waals surface area contributed by atoms with Crippen molar-refractivity contribution in [3.8, 4) is 22.6 Å². The third-order valence-electron chi connectivity index (χ3n) is 3.82. The first kappa shape index (κ1) is 16.7. The van der Waals surface area contributed by atoms with E-state index in [-0.39, 0.29) is 10.6 Å². The van der Waals surface area contributed by atoms with E-state index in [1.807, 2.05) is 30.3 Å². The number of aromatic carboxylic acids is 1. The van der Waals surface area contributed by atoms with Crippen LogP contribution in [0.2, 0.25) is 5.02 Å². The van der Waals surface area contributed by atoms with E-state index in [4.69, 9.17) is 16.7 Å². The molecule has 0 spiro atoms. The predicted molar refractivity (Wildman–Crippen MR) is 102 cm³/mol. The lowest BCUT2D eigenvalue weighted by molar-refractivity contribution is 0.0696. The number of aromatic nitrogens is 4. The van der Waals surface area contributed by atoms with Crippen molar-refractivity contribution in [2.45, 2.75) is 0 Å². The quantitative estimate of drug-likeness (QED) is 0.488. The number of carboxylic acids is 1. The van der Waals surface area contributed by atoms with E-state index in [2.05, 4.69) is 35.9 Å². The van der Waals surface area contributed by atoms with Crippen molar-refractivity contribution in [2.75, 3.05) is 0 Å². The average Bonchev–Trinajstić information content (AvgIpc) is 3.05. The molecule has 0 radical (unpaired) electrons. The summed E-state index contributed by atoms with van der Waals surface area (Å²) in [6.45, 7) is 0. The smallest absolute Gasteiger partial charge is 0.337 e. The third kappa shape index (κ3) is 3.07. The highest BCUT2D eigenvalue weighted by Gasteiger charge is 2.11. The first-order valence-corrected chi connectivity index (χ1v) is 8.69. The second-order valence-corrected chi connectivity index (χ2v) is 6.87. The first-order valence-electron chi connectivity index (χ1n) is 7.52. The van der Waals surface area contributed by atoms with Crippen LogP contribution in [0.4, 0.5) is 0 Å². The number of imidazole rings is 1. The van der Waals surface area contributed by atoms with Gasteiger partial charge in [0, 0.05) is 28.0 Å². The topological polar surface area (TPSA) is 91.8 Å². The van der Waals surface area contributed by atoms with Crippen molar-refractivity contribution in [1.82, 2.24) is 19.9 Å². The van der Waals surface area contributed by atoms with Gasteiger partial charge in [-0.1, -0.05) is 35.9 Å². The molecule has 0 unspecified atom stereocenters. The third-order valence-corrected chi connectivity index (χ3v) is 4.55. The fraction of sp³-hybridized carbons (Fsp3) is 0. The zero-order valence-electron chi connectivity index (χ0n) is 13.1. The van der Waals surface area contributed by atoms with Gasteiger partial charge in [-0.25, -0.2) is 14.8 Å². The molecule has 4 rings (SSSR count). The van der Waals surface area contributed by atoms with E-state index >= 15 is 0 Å². The van der Waals surface area contributed by atoms with E-state index in [0.717, 1.165) is 21.1 Å². The maximum atomic E-state index is 11.0. The zero-order valence-corrected chi connectivity index (χ0v) is 15.4. The highest BCUT2D eigenvalue weighted by molar-refractivity contribution is 9.10. The summed E-state index contributed by atoms with van der Waals surface area (Å²) < 4.78 is 0.876. The SMILES string of the molecule is O=C(O)c1cnc(-c2ccc(-c3nc4ncc(Br)cc4[nH]3)cc2)c(Cl)c1. The summed E-state index contributed by atoms with van der Waals surface area (Å²) >= 11 is 9.56. The van der Waals surface area contributed by atoms with E-state index < -0.39 is 5.97 Å². The minimum Gasteiger partial charge on any atom is -0.478 e. The number of carboxylic acid groups (broad SMARTS) is 1. The van der Waals surface area contributed by atoms with Crippen LogP contribution in [0.15, 0.2) is 53.3 Å². The Morgan fingerprint density at radius 2 is 1.81 bits per heavy atom. The van der Waals surface area contributed by atoms with Gasteiger partial charge in [-0.15, -0.1) is 0 Å². The second-order valence-electron chi connectivity index (χ2n) is 5.55. The first-order chi connectivity index (χ1) is 12.5. The maximum absolute atomic E-state index is 11.0. The molecule has 0 amide bonds. The largest absolute Gasteiger partial charge is 0.478 e. The molecule has 0 aliphatic carbocycles. The fourth-order valence-corrected chi connectivity index (χ4v) is 3.17. The van der Waals surface area contributed by atoms with Crippen molar-refractivity contribution in [2.24, 2.45) is 0 Å². The Balaban J connectivity index is 1.69. The molecule has 0 saturated heterocycles. The molecular formula is C18H10BrClN4O2. The molecular weight excluding hydrogens is 420 g/mol. The van der Waals surface area contributed by atoms with E-state index in [1.54, 1.807) is 6.20 Å². The number of aromatic amines is 1. The maximum Gasteiger partial charge on any atom is 0.337 e. The van der Waals surface area contributed by atoms with Crippen LogP contribution < -0.4 is 0 Å². The van der Waals surface area contributed by atoms with Crippen LogP contribution in [0.25, 0.3) is 33.8 Å². The van der Waals surface area contributed by atoms with Gasteiger partial charge < -0.3 is 10.1 Å². The Bertz CT molecular complexity index is 1140. The minimum atomic E-state index is -1.06. The Hall–Kier alpha value is -2.77. The Morgan fingerprint density at radius 3 is 2.50 bits per heavy atom. The molecule has 0 aliphatic heterocycles. The molecule has 4 aromatic rings. The molecule has 1 aromatic carbocycles. The number of halogens is 2. The summed E-state index contributed by atoms with van der Waals surface area (Å²) in [5.74, 6) is -0.358. The van der Waals surface area contributed by atoms with Crippen LogP contribution in [0.1, 0.15) is 10.4 Å². The van der Waals surface area contributed by atoms with E-state index in [0.29, 0.717) is 17.2 Å². The highest BCUT2D eigenvalue weighted by atomic mass is 79.9. The number of H-pyrrole nitrogens is 1. The minimum absolute atomic E-state index is 0.0521. The molecule has 3 heterocycles. The summed E-state index contributed by atoms with van der Waals surface area (Å²) in [5.41, 5.74) is 3.73. The molecule has 0 aliphatic rings. The standard InChI is InChI=1S/C18H10BrClN4O2/c19-12-6-14-17(22-8-12)24-16(23-14)10-3-1-9(2-4-10)15-13(20)5-11(7-21-15)18(25)26/h1-8H,(H,25,26)(H,22,23,24). The second kappa shape index (κ2) is 6.51. The van der Waals surface area contributed by atoms with Crippen LogP contribution in [-0.4, -0.2) is 31.0 Å². The number of hydrogen-bond acceptors (Lipinski definition) is 4. The normalized spacial score (nSPS) is 11.0. The number of nitrogens with one attached hydrogen (secondary N) is 1. The zero-order chi connectivity index (χ0) is 18.3. The number of benzene rings is 1. The summed E-state index contributed by atoms with van der Waals surface area (Å²) in [7, 11) is 0. The van der Waals surface area contributed by atoms with Crippen LogP contribution in [0.3, 0.4) is 0 Å². The number of hydrogen-bond donors (Lipinski definition) is 2. The van der Waals surface area contributed by atoms with Gasteiger partial charge in [-0.3, -0.25) is 4.98 Å². The predicted octanol–water partition coefficient (Wildman–Crippen LogP) is 4.80. The number of carbonyl (C=O) groups is 1. The van der Waals surface area contributed by atoms with Gasteiger partial charge in [0.25, 0.3) is 0 Å². The van der Waals surface area contributed by atoms with E-state index in [1.165, 1.54) is 12.3 Å². The lowest BCUT2D eigenvalue weighted by Crippen LogP contribution is -1.98. The van der Waals surface area contributed by atoms with E-state index in [9.17, 15) is 4.79 Å². The van der Waals surface area contributed by atoms with Crippen molar-refractivity contribution < 1.29 is 9.90 Å². The Morgan fingerprint density at radius 1 is 1.08 bits per heavy atom. The molecule has 26 heavy (non-hydrogen) atoms. The molecule has 128 valence electrons. The molecule has 0 fully saturated rings. The van der Waals surface area contributed by atoms with Crippen molar-refractivity contribution in [3.05, 3.63) is 63.9 Å². The van der Waals surface area contributed by atoms with Gasteiger partial charge in [-0.05, 0) is 28.1 Å². The van der Waals surface area contributed by atoms with Crippen LogP contribution in [0, 0.1) is 0 Å². The molecule has 8 heteroatoms. The summed E-state index contributed by atoms with van der Waals surface area (Å²) in [6, 6.07) is 10.8. The molecule has 6 nitrogen and oxygen atoms in total. The average molecular weight is 430 g/mol. The fourth-order valence-electron chi connectivity index (χ4n) is 2.56. The Kier molecular flexibility index (Phi) is 4.18. The van der Waals surface area contributed by atoms with Gasteiger partial charge in [0.2, 0.25) is 0 Å². The summed E-state index contributed by atoms with van der Waals surface area (Å²) in [4.78, 5) is 27.1. The number of pyridine rings is 2. The molecule has 0 atom stereocenters. The monoisotopic (exact) mass is 428 g/mol. The highest BCUT2D eigenvalue weighted by Crippen LogP contribution is 2.29. The lowest BCUT2D eigenvalue weighted by Gasteiger charge is -2.05. The number of rotatable bonds is 3. The summed E-state index contributed by atoms with van der Waals surface area (Å²) in [6.07, 6.45) is 2.99. The molecule has 0 bridgehead atoms. The van der Waals surface area contributed by atoms with Crippen LogP contribution in [0.5, 0.6) is 0 Å². The van der Waals surface area contributed by atoms with Gasteiger partial charge in [-0.2, -0.15) is 0 Å². The lowest BCUT2D eigenvalue weighted by atomic mass is 10.1. The van der Waals surface area contributed by atoms with Gasteiger partial charge >= 0.3 is 5.97 Å². The molecule has 0 saturated carbocycles. The van der Waals surface area contributed by atoms with Crippen LogP contribution >= 0.6 is 27.5 Å². The Labute approximate surface area is 161 Å². The van der Waals surface area contributed by atoms with Gasteiger partial charge in [0.05, 0.1) is 21.8 Å². The molecule has 2 N–H and O–H groups in total. The van der Waals surface area contributed by atoms with Crippen molar-refractivity contribution in [1.29, 1.82) is 0 Å². The summed E-state index contributed by atoms with van der Waals surface area (Å²) in [5, 5.41) is 9.28. The number of nitrogens with zero attached hydrogens (tertiary/aromatic N) is 3. The van der Waals surface area contributed by atoms with Crippen molar-refractivity contribution >= 4 is 44.7 Å². The number of fused-ring (bicyclic) bond motifs is 1. The van der Waals surface area contributed by atoms with Gasteiger partial charge in [0.1, 0.15) is 5.82 Å². The van der Waals surface area contributed by atoms with Gasteiger partial charge in [0.15, 0.2) is 5.65 Å². The van der Waals surface area contributed by atoms with Crippen molar-refractivity contribution in [3.63, 3.8) is 0 Å².